The summed E-state index contributed by atoms with van der Waals surface area (Å²) >= 11 is 0. The van der Waals surface area contributed by atoms with Crippen LogP contribution in [0, 0.1) is 0 Å². The van der Waals surface area contributed by atoms with E-state index in [0.717, 1.165) is 12.0 Å². The van der Waals surface area contributed by atoms with E-state index >= 15 is 0 Å². The van der Waals surface area contributed by atoms with Crippen molar-refractivity contribution in [3.63, 3.8) is 0 Å². The van der Waals surface area contributed by atoms with Gasteiger partial charge in [0.2, 0.25) is 5.91 Å². The van der Waals surface area contributed by atoms with Crippen LogP contribution in [0.15, 0.2) is 48.9 Å². The molecule has 0 aliphatic carbocycles. The van der Waals surface area contributed by atoms with Crippen molar-refractivity contribution in [2.75, 3.05) is 7.11 Å². The Morgan fingerprint density at radius 2 is 1.90 bits per heavy atom. The van der Waals surface area contributed by atoms with E-state index in [1.54, 1.807) is 6.92 Å². The van der Waals surface area contributed by atoms with Gasteiger partial charge in [-0.1, -0.05) is 30.3 Å². The molecule has 0 saturated carbocycles. The number of methoxy groups -OCH3 is 1. The minimum Gasteiger partial charge on any atom is -0.426 e. The number of nitrogens with zero attached hydrogens (tertiary/aromatic N) is 2. The molecule has 9 nitrogen and oxygen atoms in total. The Kier molecular flexibility index (Phi) is 9.39. The van der Waals surface area contributed by atoms with Crippen molar-refractivity contribution in [2.45, 2.75) is 44.3 Å². The molecule has 0 radical (unpaired) electrons. The molecule has 1 aromatic heterocycles. The first-order valence-corrected chi connectivity index (χ1v) is 9.72. The number of hydrogen-bond donors (Lipinski definition) is 4. The summed E-state index contributed by atoms with van der Waals surface area (Å²) in [5, 5.41) is 24.6. The lowest BCUT2D eigenvalue weighted by Gasteiger charge is -2.26. The van der Waals surface area contributed by atoms with Gasteiger partial charge < -0.3 is 25.4 Å². The van der Waals surface area contributed by atoms with Gasteiger partial charge in [-0.15, -0.1) is 0 Å². The highest BCUT2D eigenvalue weighted by Crippen LogP contribution is 2.09. The molecule has 2 rings (SSSR count). The molecule has 0 fully saturated rings. The fourth-order valence-electron chi connectivity index (χ4n) is 2.90. The number of aryl methyl sites for hydroxylation is 1. The minimum atomic E-state index is -1.74. The smallest absolute Gasteiger partial charge is 0.426 e. The summed E-state index contributed by atoms with van der Waals surface area (Å²) in [6.07, 6.45) is 5.16. The molecular weight excluding hydrogens is 387 g/mol. The second kappa shape index (κ2) is 12.0. The molecule has 3 atom stereocenters. The van der Waals surface area contributed by atoms with Gasteiger partial charge in [0.25, 0.3) is 5.91 Å². The molecule has 10 heteroatoms. The summed E-state index contributed by atoms with van der Waals surface area (Å²) in [7, 11) is -0.323. The van der Waals surface area contributed by atoms with Gasteiger partial charge in [-0.3, -0.25) is 14.6 Å². The fourth-order valence-corrected chi connectivity index (χ4v) is 2.90. The molecule has 1 heterocycles. The summed E-state index contributed by atoms with van der Waals surface area (Å²) < 4.78 is 5.21. The van der Waals surface area contributed by atoms with E-state index in [0.29, 0.717) is 12.8 Å². The molecule has 0 saturated heterocycles. The van der Waals surface area contributed by atoms with Crippen LogP contribution < -0.4 is 10.6 Å². The molecule has 0 aliphatic heterocycles. The number of aromatic nitrogens is 2. The highest BCUT2D eigenvalue weighted by atomic mass is 16.5. The zero-order valence-electron chi connectivity index (χ0n) is 17.1. The van der Waals surface area contributed by atoms with E-state index < -0.39 is 37.0 Å². The first-order valence-electron chi connectivity index (χ1n) is 9.72. The lowest BCUT2D eigenvalue weighted by molar-refractivity contribution is -0.126. The van der Waals surface area contributed by atoms with Crippen molar-refractivity contribution in [2.24, 2.45) is 0 Å². The highest BCUT2D eigenvalue weighted by Gasteiger charge is 2.32. The number of amides is 2. The molecule has 0 spiro atoms. The van der Waals surface area contributed by atoms with Crippen LogP contribution in [-0.2, 0) is 16.0 Å². The maximum atomic E-state index is 12.8. The van der Waals surface area contributed by atoms with Gasteiger partial charge in [-0.25, -0.2) is 4.98 Å². The monoisotopic (exact) mass is 414 g/mol. The Labute approximate surface area is 176 Å². The lowest BCUT2D eigenvalue weighted by atomic mass is 9.76. The van der Waals surface area contributed by atoms with Crippen LogP contribution >= 0.6 is 0 Å². The number of carbonyl (C=O) groups excluding carboxylic acids is 2. The van der Waals surface area contributed by atoms with Crippen molar-refractivity contribution in [3.8, 4) is 0 Å². The Bertz CT molecular complexity index is 794. The third-order valence-corrected chi connectivity index (χ3v) is 4.72. The predicted octanol–water partition coefficient (Wildman–Crippen LogP) is 0.130. The topological polar surface area (TPSA) is 134 Å². The van der Waals surface area contributed by atoms with Gasteiger partial charge in [0.15, 0.2) is 0 Å². The van der Waals surface area contributed by atoms with E-state index in [1.165, 1.54) is 25.7 Å². The summed E-state index contributed by atoms with van der Waals surface area (Å²) in [4.78, 5) is 32.9. The number of carbonyl (C=O) groups is 2. The fraction of sp³-hybridized carbons (Fsp3) is 0.400. The normalized spacial score (nSPS) is 13.7. The summed E-state index contributed by atoms with van der Waals surface area (Å²) in [6.45, 7) is 1.63. The molecule has 0 bridgehead atoms. The van der Waals surface area contributed by atoms with E-state index in [2.05, 4.69) is 20.6 Å². The summed E-state index contributed by atoms with van der Waals surface area (Å²) in [5.41, 5.74) is 1.18. The number of hydrogen-bond acceptors (Lipinski definition) is 7. The van der Waals surface area contributed by atoms with Crippen LogP contribution in [0.4, 0.5) is 0 Å². The van der Waals surface area contributed by atoms with E-state index in [-0.39, 0.29) is 5.69 Å². The summed E-state index contributed by atoms with van der Waals surface area (Å²) in [6, 6.07) is 8.72. The van der Waals surface area contributed by atoms with E-state index in [4.69, 9.17) is 4.74 Å². The van der Waals surface area contributed by atoms with Crippen molar-refractivity contribution in [3.05, 3.63) is 60.2 Å². The third-order valence-electron chi connectivity index (χ3n) is 4.72. The molecule has 0 unspecified atom stereocenters. The largest absolute Gasteiger partial charge is 0.475 e. The molecule has 4 N–H and O–H groups in total. The van der Waals surface area contributed by atoms with Gasteiger partial charge in [0.05, 0.1) is 18.2 Å². The first kappa shape index (κ1) is 23.5. The average Bonchev–Trinajstić information content (AvgIpc) is 2.77. The second-order valence-electron chi connectivity index (χ2n) is 6.89. The van der Waals surface area contributed by atoms with Crippen LogP contribution in [0.3, 0.4) is 0 Å². The zero-order valence-corrected chi connectivity index (χ0v) is 17.1. The van der Waals surface area contributed by atoms with Crippen molar-refractivity contribution >= 4 is 18.9 Å². The summed E-state index contributed by atoms with van der Waals surface area (Å²) in [5.74, 6) is -2.06. The number of nitrogens with one attached hydrogen (secondary N) is 2. The van der Waals surface area contributed by atoms with Crippen LogP contribution in [0.25, 0.3) is 0 Å². The first-order chi connectivity index (χ1) is 14.4. The van der Waals surface area contributed by atoms with Crippen LogP contribution in [0.2, 0.25) is 0 Å². The Balaban J connectivity index is 1.99. The quantitative estimate of drug-likeness (QED) is 0.384. The van der Waals surface area contributed by atoms with Crippen molar-refractivity contribution in [1.29, 1.82) is 0 Å². The average molecular weight is 414 g/mol. The standard InChI is InChI=1S/C20H27BN4O5/c1-14(30-2)18(25-19(26)16-13-22-11-12-23-16)20(27)24-17(21(28)29)10-6-9-15-7-4-3-5-8-15/h3-5,7-8,11-14,17-18,28-29H,6,9-10H2,1-2H3,(H,24,27)(H,25,26)/t14-,17-,18+/m0/s1. The van der Waals surface area contributed by atoms with Crippen LogP contribution in [0.1, 0.15) is 35.8 Å². The van der Waals surface area contributed by atoms with Gasteiger partial charge in [0.1, 0.15) is 11.7 Å². The van der Waals surface area contributed by atoms with Crippen LogP contribution in [0.5, 0.6) is 0 Å². The van der Waals surface area contributed by atoms with Gasteiger partial charge in [-0.05, 0) is 31.7 Å². The predicted molar refractivity (Wildman–Crippen MR) is 111 cm³/mol. The Morgan fingerprint density at radius 1 is 1.17 bits per heavy atom. The van der Waals surface area contributed by atoms with Crippen LogP contribution in [-0.4, -0.2) is 64.1 Å². The van der Waals surface area contributed by atoms with Gasteiger partial charge in [0, 0.05) is 19.5 Å². The molecule has 2 aromatic rings. The SMILES string of the molecule is CO[C@@H](C)[C@@H](NC(=O)c1cnccn1)C(=O)N[C@@H](CCCc1ccccc1)B(O)O. The van der Waals surface area contributed by atoms with Crippen molar-refractivity contribution in [1.82, 2.24) is 20.6 Å². The number of rotatable bonds is 11. The van der Waals surface area contributed by atoms with Crippen molar-refractivity contribution < 1.29 is 24.4 Å². The Morgan fingerprint density at radius 3 is 2.50 bits per heavy atom. The minimum absolute atomic E-state index is 0.0557. The second-order valence-corrected chi connectivity index (χ2v) is 6.89. The zero-order chi connectivity index (χ0) is 21.9. The maximum absolute atomic E-state index is 12.8. The van der Waals surface area contributed by atoms with E-state index in [9.17, 15) is 19.6 Å². The molecular formula is C20H27BN4O5. The lowest BCUT2D eigenvalue weighted by Crippen LogP contribution is -2.57. The Hall–Kier alpha value is -2.82. The molecule has 160 valence electrons. The third kappa shape index (κ3) is 7.22. The van der Waals surface area contributed by atoms with Gasteiger partial charge >= 0.3 is 7.12 Å². The molecule has 0 aliphatic rings. The van der Waals surface area contributed by atoms with Gasteiger partial charge in [-0.2, -0.15) is 0 Å². The highest BCUT2D eigenvalue weighted by molar-refractivity contribution is 6.43. The maximum Gasteiger partial charge on any atom is 0.475 e. The number of ether oxygens (including phenoxy) is 1. The van der Waals surface area contributed by atoms with E-state index in [1.807, 2.05) is 30.3 Å². The molecule has 1 aromatic carbocycles. The molecule has 2 amide bonds. The molecule has 30 heavy (non-hydrogen) atoms. The number of benzene rings is 1.